The van der Waals surface area contributed by atoms with Gasteiger partial charge in [0, 0.05) is 23.9 Å². The molecular weight excluding hydrogens is 300 g/mol. The Morgan fingerprint density at radius 3 is 2.54 bits per heavy atom. The molecule has 1 heterocycles. The van der Waals surface area contributed by atoms with Crippen LogP contribution in [0.3, 0.4) is 0 Å². The van der Waals surface area contributed by atoms with Crippen LogP contribution in [0.1, 0.15) is 66.0 Å². The summed E-state index contributed by atoms with van der Waals surface area (Å²) in [7, 11) is 0. The first-order chi connectivity index (χ1) is 11.2. The third-order valence-electron chi connectivity index (χ3n) is 4.04. The molecule has 4 heteroatoms. The Balaban J connectivity index is 1.88. The molecule has 0 unspecified atom stereocenters. The van der Waals surface area contributed by atoms with Crippen LogP contribution in [0.15, 0.2) is 22.6 Å². The van der Waals surface area contributed by atoms with Crippen LogP contribution >= 0.6 is 0 Å². The predicted molar refractivity (Wildman–Crippen MR) is 96.5 cm³/mol. The van der Waals surface area contributed by atoms with Gasteiger partial charge in [-0.25, -0.2) is 4.98 Å². The Kier molecular flexibility index (Phi) is 5.47. The minimum Gasteiger partial charge on any atom is -0.445 e. The molecule has 0 aliphatic carbocycles. The molecule has 0 radical (unpaired) electrons. The second-order valence-electron chi connectivity index (χ2n) is 7.46. The van der Waals surface area contributed by atoms with Crippen molar-refractivity contribution in [3.8, 4) is 0 Å². The van der Waals surface area contributed by atoms with E-state index in [0.717, 1.165) is 46.9 Å². The molecule has 2 rings (SSSR count). The molecule has 0 bridgehead atoms. The minimum absolute atomic E-state index is 0.0131. The second-order valence-corrected chi connectivity index (χ2v) is 7.46. The summed E-state index contributed by atoms with van der Waals surface area (Å²) in [6.45, 7) is 12.8. The SMILES string of the molecule is Cc1ccc(C)c(C(=O)NCCCc2oc(C(C)(C)C)nc2C)c1. The maximum Gasteiger partial charge on any atom is 0.251 e. The van der Waals surface area contributed by atoms with Crippen molar-refractivity contribution in [3.05, 3.63) is 52.2 Å². The fourth-order valence-corrected chi connectivity index (χ4v) is 2.51. The van der Waals surface area contributed by atoms with Gasteiger partial charge in [-0.05, 0) is 38.8 Å². The van der Waals surface area contributed by atoms with Gasteiger partial charge in [-0.1, -0.05) is 38.5 Å². The Hall–Kier alpha value is -2.10. The number of rotatable bonds is 5. The lowest BCUT2D eigenvalue weighted by atomic mass is 9.97. The van der Waals surface area contributed by atoms with E-state index in [-0.39, 0.29) is 11.3 Å². The van der Waals surface area contributed by atoms with Crippen molar-refractivity contribution in [2.24, 2.45) is 0 Å². The fraction of sp³-hybridized carbons (Fsp3) is 0.500. The standard InChI is InChI=1S/C20H28N2O2/c1-13-9-10-14(2)16(12-13)18(23)21-11-7-8-17-15(3)22-19(24-17)20(4,5)6/h9-10,12H,7-8,11H2,1-6H3,(H,21,23). The Morgan fingerprint density at radius 2 is 1.92 bits per heavy atom. The molecule has 2 aromatic rings. The molecule has 0 saturated carbocycles. The molecule has 1 aromatic carbocycles. The van der Waals surface area contributed by atoms with Crippen molar-refractivity contribution in [1.82, 2.24) is 10.3 Å². The molecule has 0 aliphatic rings. The quantitative estimate of drug-likeness (QED) is 0.834. The molecule has 1 amide bonds. The highest BCUT2D eigenvalue weighted by Gasteiger charge is 2.22. The van der Waals surface area contributed by atoms with E-state index in [1.165, 1.54) is 0 Å². The average Bonchev–Trinajstić information content (AvgIpc) is 2.87. The van der Waals surface area contributed by atoms with Crippen molar-refractivity contribution in [2.45, 2.75) is 59.8 Å². The number of carbonyl (C=O) groups excluding carboxylic acids is 1. The van der Waals surface area contributed by atoms with Gasteiger partial charge in [0.05, 0.1) is 5.69 Å². The van der Waals surface area contributed by atoms with Gasteiger partial charge < -0.3 is 9.73 Å². The van der Waals surface area contributed by atoms with Gasteiger partial charge >= 0.3 is 0 Å². The van der Waals surface area contributed by atoms with E-state index in [4.69, 9.17) is 4.42 Å². The van der Waals surface area contributed by atoms with Crippen LogP contribution in [0.25, 0.3) is 0 Å². The van der Waals surface area contributed by atoms with Crippen LogP contribution in [0.4, 0.5) is 0 Å². The van der Waals surface area contributed by atoms with Crippen LogP contribution in [-0.2, 0) is 11.8 Å². The number of nitrogens with one attached hydrogen (secondary N) is 1. The summed E-state index contributed by atoms with van der Waals surface area (Å²) in [5.41, 5.74) is 3.71. The summed E-state index contributed by atoms with van der Waals surface area (Å²) in [4.78, 5) is 16.8. The largest absolute Gasteiger partial charge is 0.445 e. The number of hydrogen-bond donors (Lipinski definition) is 1. The predicted octanol–water partition coefficient (Wildman–Crippen LogP) is 4.26. The molecule has 130 valence electrons. The van der Waals surface area contributed by atoms with Crippen molar-refractivity contribution < 1.29 is 9.21 Å². The van der Waals surface area contributed by atoms with E-state index in [1.54, 1.807) is 0 Å². The van der Waals surface area contributed by atoms with Crippen LogP contribution < -0.4 is 5.32 Å². The van der Waals surface area contributed by atoms with Crippen molar-refractivity contribution in [3.63, 3.8) is 0 Å². The monoisotopic (exact) mass is 328 g/mol. The summed E-state index contributed by atoms with van der Waals surface area (Å²) in [5.74, 6) is 1.68. The van der Waals surface area contributed by atoms with Gasteiger partial charge in [0.2, 0.25) is 0 Å². The molecule has 0 spiro atoms. The highest BCUT2D eigenvalue weighted by Crippen LogP contribution is 2.24. The Bertz CT molecular complexity index is 724. The lowest BCUT2D eigenvalue weighted by Gasteiger charge is -2.12. The van der Waals surface area contributed by atoms with Gasteiger partial charge in [-0.3, -0.25) is 4.79 Å². The first-order valence-corrected chi connectivity index (χ1v) is 8.50. The van der Waals surface area contributed by atoms with Crippen molar-refractivity contribution in [2.75, 3.05) is 6.54 Å². The van der Waals surface area contributed by atoms with Crippen molar-refractivity contribution in [1.29, 1.82) is 0 Å². The second kappa shape index (κ2) is 7.20. The number of benzene rings is 1. The van der Waals surface area contributed by atoms with Gasteiger partial charge in [0.25, 0.3) is 5.91 Å². The van der Waals surface area contributed by atoms with E-state index in [1.807, 2.05) is 39.0 Å². The molecule has 0 saturated heterocycles. The number of amides is 1. The Labute approximate surface area is 144 Å². The highest BCUT2D eigenvalue weighted by molar-refractivity contribution is 5.95. The summed E-state index contributed by atoms with van der Waals surface area (Å²) >= 11 is 0. The smallest absolute Gasteiger partial charge is 0.251 e. The number of nitrogens with zero attached hydrogens (tertiary/aromatic N) is 1. The zero-order valence-corrected chi connectivity index (χ0v) is 15.6. The van der Waals surface area contributed by atoms with Crippen LogP contribution in [0.5, 0.6) is 0 Å². The first kappa shape index (κ1) is 18.2. The number of aromatic nitrogens is 1. The highest BCUT2D eigenvalue weighted by atomic mass is 16.4. The van der Waals surface area contributed by atoms with E-state index in [9.17, 15) is 4.79 Å². The minimum atomic E-state index is -0.0834. The lowest BCUT2D eigenvalue weighted by molar-refractivity contribution is 0.0952. The number of aryl methyl sites for hydroxylation is 4. The fourth-order valence-electron chi connectivity index (χ4n) is 2.51. The Morgan fingerprint density at radius 1 is 1.21 bits per heavy atom. The van der Waals surface area contributed by atoms with Gasteiger partial charge in [0.1, 0.15) is 5.76 Å². The third kappa shape index (κ3) is 4.47. The van der Waals surface area contributed by atoms with Gasteiger partial charge in [-0.2, -0.15) is 0 Å². The average molecular weight is 328 g/mol. The molecule has 24 heavy (non-hydrogen) atoms. The summed E-state index contributed by atoms with van der Waals surface area (Å²) in [6, 6.07) is 5.93. The number of oxazole rings is 1. The van der Waals surface area contributed by atoms with Crippen LogP contribution in [0, 0.1) is 20.8 Å². The van der Waals surface area contributed by atoms with Crippen LogP contribution in [0.2, 0.25) is 0 Å². The molecular formula is C20H28N2O2. The van der Waals surface area contributed by atoms with E-state index < -0.39 is 0 Å². The molecule has 4 nitrogen and oxygen atoms in total. The van der Waals surface area contributed by atoms with E-state index in [2.05, 4.69) is 31.1 Å². The maximum atomic E-state index is 12.3. The van der Waals surface area contributed by atoms with Gasteiger partial charge in [0.15, 0.2) is 5.89 Å². The summed E-state index contributed by atoms with van der Waals surface area (Å²) in [5, 5.41) is 2.99. The molecule has 1 N–H and O–H groups in total. The zero-order valence-electron chi connectivity index (χ0n) is 15.6. The summed E-state index contributed by atoms with van der Waals surface area (Å²) < 4.78 is 5.88. The van der Waals surface area contributed by atoms with Crippen LogP contribution in [-0.4, -0.2) is 17.4 Å². The molecule has 0 aliphatic heterocycles. The number of carbonyl (C=O) groups is 1. The molecule has 0 atom stereocenters. The van der Waals surface area contributed by atoms with E-state index >= 15 is 0 Å². The summed E-state index contributed by atoms with van der Waals surface area (Å²) in [6.07, 6.45) is 1.61. The maximum absolute atomic E-state index is 12.3. The van der Waals surface area contributed by atoms with Gasteiger partial charge in [-0.15, -0.1) is 0 Å². The van der Waals surface area contributed by atoms with Crippen molar-refractivity contribution >= 4 is 5.91 Å². The zero-order chi connectivity index (χ0) is 17.9. The molecule has 1 aromatic heterocycles. The number of hydrogen-bond acceptors (Lipinski definition) is 3. The van der Waals surface area contributed by atoms with E-state index in [0.29, 0.717) is 6.54 Å². The first-order valence-electron chi connectivity index (χ1n) is 8.50. The normalized spacial score (nSPS) is 11.6. The third-order valence-corrected chi connectivity index (χ3v) is 4.04. The molecule has 0 fully saturated rings. The lowest BCUT2D eigenvalue weighted by Crippen LogP contribution is -2.25. The topological polar surface area (TPSA) is 55.1 Å².